The van der Waals surface area contributed by atoms with E-state index < -0.39 is 24.1 Å². The zero-order valence-corrected chi connectivity index (χ0v) is 31.8. The number of aliphatic hydroxyl groups excluding tert-OH is 2. The van der Waals surface area contributed by atoms with Crippen molar-refractivity contribution in [2.45, 2.75) is 194 Å². The molecule has 1 spiro atoms. The van der Waals surface area contributed by atoms with Crippen molar-refractivity contribution in [1.82, 2.24) is 0 Å². The van der Waals surface area contributed by atoms with E-state index >= 15 is 0 Å². The van der Waals surface area contributed by atoms with E-state index in [-0.39, 0.29) is 117 Å². The fourth-order valence-electron chi connectivity index (χ4n) is 11.0. The van der Waals surface area contributed by atoms with Gasteiger partial charge in [-0.15, -0.1) is 0 Å². The molecule has 298 valence electrons. The van der Waals surface area contributed by atoms with Crippen LogP contribution in [0.1, 0.15) is 96.8 Å². The van der Waals surface area contributed by atoms with Crippen LogP contribution in [0.5, 0.6) is 0 Å². The second-order valence-corrected chi connectivity index (χ2v) is 17.4. The summed E-state index contributed by atoms with van der Waals surface area (Å²) < 4.78 is 59.3. The van der Waals surface area contributed by atoms with Crippen LogP contribution in [-0.4, -0.2) is 134 Å². The molecule has 10 bridgehead atoms. The van der Waals surface area contributed by atoms with Crippen molar-refractivity contribution in [3.63, 3.8) is 0 Å². The first kappa shape index (κ1) is 38.6. The molecule has 2 N–H and O–H groups in total. The van der Waals surface area contributed by atoms with Gasteiger partial charge in [0.2, 0.25) is 0 Å². The van der Waals surface area contributed by atoms with Crippen molar-refractivity contribution in [3.8, 4) is 0 Å². The number of ketones is 1. The van der Waals surface area contributed by atoms with Crippen molar-refractivity contribution in [1.29, 1.82) is 0 Å². The Kier molecular flexibility index (Phi) is 11.6. The third-order valence-electron chi connectivity index (χ3n) is 13.8. The number of rotatable bonds is 5. The van der Waals surface area contributed by atoms with Crippen LogP contribution in [0.15, 0.2) is 24.3 Å². The predicted molar refractivity (Wildman–Crippen MR) is 191 cm³/mol. The number of aliphatic hydroxyl groups is 2. The molecule has 0 aromatic rings. The summed E-state index contributed by atoms with van der Waals surface area (Å²) in [6, 6.07) is 0. The molecule has 53 heavy (non-hydrogen) atoms. The smallest absolute Gasteiger partial charge is 0.172 e. The Bertz CT molecular complexity index is 1340. The predicted octanol–water partition coefficient (Wildman–Crippen LogP) is 4.11. The monoisotopic (exact) mass is 746 g/mol. The van der Waals surface area contributed by atoms with E-state index in [9.17, 15) is 15.0 Å². The summed E-state index contributed by atoms with van der Waals surface area (Å²) in [5.74, 6) is -0.743. The highest BCUT2D eigenvalue weighted by atomic mass is 16.7. The first-order valence-electron chi connectivity index (χ1n) is 20.4. The van der Waals surface area contributed by atoms with E-state index in [0.29, 0.717) is 32.1 Å². The second-order valence-electron chi connectivity index (χ2n) is 17.4. The van der Waals surface area contributed by atoms with Gasteiger partial charge in [-0.25, -0.2) is 0 Å². The van der Waals surface area contributed by atoms with Crippen LogP contribution in [0.2, 0.25) is 0 Å². The van der Waals surface area contributed by atoms with Crippen LogP contribution < -0.4 is 0 Å². The number of hydrogen-bond acceptors (Lipinski definition) is 12. The van der Waals surface area contributed by atoms with E-state index in [2.05, 4.69) is 20.1 Å². The van der Waals surface area contributed by atoms with E-state index in [1.165, 1.54) is 0 Å². The van der Waals surface area contributed by atoms with E-state index in [4.69, 9.17) is 42.6 Å². The molecular weight excluding hydrogens is 684 g/mol. The molecule has 0 aromatic carbocycles. The van der Waals surface area contributed by atoms with E-state index in [1.807, 2.05) is 0 Å². The van der Waals surface area contributed by atoms with E-state index in [1.54, 1.807) is 14.2 Å². The summed E-state index contributed by atoms with van der Waals surface area (Å²) in [6.07, 6.45) is 4.96. The molecule has 0 saturated carbocycles. The Morgan fingerprint density at radius 1 is 0.792 bits per heavy atom. The molecule has 12 heteroatoms. The molecule has 12 nitrogen and oxygen atoms in total. The summed E-state index contributed by atoms with van der Waals surface area (Å²) in [5.41, 5.74) is 2.16. The largest absolute Gasteiger partial charge is 0.394 e. The average molecular weight is 747 g/mol. The van der Waals surface area contributed by atoms with Crippen LogP contribution in [0.4, 0.5) is 0 Å². The number of Topliss-reactive ketones (excluding diaryl/α,β-unsaturated/α-hetero) is 1. The fourth-order valence-corrected chi connectivity index (χ4v) is 11.0. The summed E-state index contributed by atoms with van der Waals surface area (Å²) in [4.78, 5) is 14.0. The molecule has 0 aliphatic carbocycles. The normalized spacial score (nSPS) is 49.6. The minimum Gasteiger partial charge on any atom is -0.394 e. The third kappa shape index (κ3) is 7.86. The van der Waals surface area contributed by atoms with Gasteiger partial charge in [0, 0.05) is 65.1 Å². The molecule has 0 amide bonds. The Morgan fingerprint density at radius 2 is 1.58 bits per heavy atom. The second kappa shape index (κ2) is 15.9. The van der Waals surface area contributed by atoms with Crippen molar-refractivity contribution < 1.29 is 57.6 Å². The minimum absolute atomic E-state index is 0.0235. The van der Waals surface area contributed by atoms with Crippen LogP contribution >= 0.6 is 0 Å². The average Bonchev–Trinajstić information content (AvgIpc) is 3.77. The fraction of sp³-hybridized carbons (Fsp3) is 0.878. The van der Waals surface area contributed by atoms with Gasteiger partial charge in [0.25, 0.3) is 0 Å². The van der Waals surface area contributed by atoms with Gasteiger partial charge in [-0.2, -0.15) is 0 Å². The lowest BCUT2D eigenvalue weighted by molar-refractivity contribution is -0.277. The lowest BCUT2D eigenvalue weighted by Crippen LogP contribution is -2.58. The van der Waals surface area contributed by atoms with Gasteiger partial charge in [0.1, 0.15) is 18.0 Å². The summed E-state index contributed by atoms with van der Waals surface area (Å²) in [7, 11) is 3.37. The number of ether oxygens (including phenoxy) is 9. The van der Waals surface area contributed by atoms with Gasteiger partial charge in [-0.05, 0) is 62.0 Å². The van der Waals surface area contributed by atoms with Crippen LogP contribution in [-0.2, 0) is 47.4 Å². The standard InChI is InChI=1S/C41H62O12/c1-21-12-26-6-8-30-22(2)13-28(47-30)10-11-41-19-37(45-4)40(53-41)35-18-36(52-41)39-31(50-35)9-7-27(49-39)14-24(43)15-29-33(17-32(48-26)23(21)3)51-34(38(29)46-5)16-25(44)20-42/h21,25-40,42,44H,2-3,6-20H2,1,4-5H3/t21-,25+,26+,27-,28+,29+,30?,31+,32?,33+,34?,35?,36-,37-,38-,39+,40-,41-/m1/s1. The highest BCUT2D eigenvalue weighted by Gasteiger charge is 2.60. The quantitative estimate of drug-likeness (QED) is 0.392. The molecular formula is C41H62O12. The molecule has 8 aliphatic heterocycles. The lowest BCUT2D eigenvalue weighted by atomic mass is 9.81. The summed E-state index contributed by atoms with van der Waals surface area (Å²) in [6.45, 7) is 10.7. The maximum Gasteiger partial charge on any atom is 0.172 e. The molecule has 8 fully saturated rings. The molecule has 8 aliphatic rings. The van der Waals surface area contributed by atoms with Crippen LogP contribution in [0.25, 0.3) is 0 Å². The van der Waals surface area contributed by atoms with Crippen molar-refractivity contribution in [3.05, 3.63) is 24.3 Å². The van der Waals surface area contributed by atoms with E-state index in [0.717, 1.165) is 49.7 Å². The maximum atomic E-state index is 14.0. The third-order valence-corrected chi connectivity index (χ3v) is 13.8. The van der Waals surface area contributed by atoms with Crippen molar-refractivity contribution >= 4 is 5.78 Å². The molecule has 8 saturated heterocycles. The molecule has 8 rings (SSSR count). The van der Waals surface area contributed by atoms with Gasteiger partial charge in [0.15, 0.2) is 5.79 Å². The van der Waals surface area contributed by atoms with Gasteiger partial charge in [0.05, 0.1) is 86.0 Å². The minimum atomic E-state index is -0.950. The van der Waals surface area contributed by atoms with Crippen molar-refractivity contribution in [2.75, 3.05) is 20.8 Å². The van der Waals surface area contributed by atoms with Gasteiger partial charge in [-0.3, -0.25) is 4.79 Å². The molecule has 18 atom stereocenters. The number of carbonyl (C=O) groups is 1. The lowest BCUT2D eigenvalue weighted by Gasteiger charge is -2.47. The summed E-state index contributed by atoms with van der Waals surface area (Å²) >= 11 is 0. The molecule has 4 unspecified atom stereocenters. The Labute approximate surface area is 314 Å². The topological polar surface area (TPSA) is 141 Å². The first-order valence-corrected chi connectivity index (χ1v) is 20.4. The Morgan fingerprint density at radius 3 is 2.38 bits per heavy atom. The number of fused-ring (bicyclic) bond motifs is 9. The molecule has 8 heterocycles. The zero-order chi connectivity index (χ0) is 37.0. The first-order chi connectivity index (χ1) is 25.5. The highest BCUT2D eigenvalue weighted by Crippen LogP contribution is 2.50. The number of hydrogen-bond donors (Lipinski definition) is 2. The van der Waals surface area contributed by atoms with Crippen LogP contribution in [0.3, 0.4) is 0 Å². The van der Waals surface area contributed by atoms with Crippen LogP contribution in [0, 0.1) is 11.8 Å². The highest BCUT2D eigenvalue weighted by molar-refractivity contribution is 5.79. The zero-order valence-electron chi connectivity index (χ0n) is 31.8. The molecule has 0 radical (unpaired) electrons. The van der Waals surface area contributed by atoms with Gasteiger partial charge in [-0.1, -0.05) is 20.1 Å². The Hall–Kier alpha value is -1.29. The molecule has 0 aromatic heterocycles. The van der Waals surface area contributed by atoms with Gasteiger partial charge < -0.3 is 52.8 Å². The SMILES string of the molecule is C=C1C[C@@H]2CC[C@]34C[C@@H](OC)[C@H](O3)C3C[C@@H](O4)[C@H]4O[C@H](CC[C@@H]4O3)CC(=O)C[C@H]3[C@H](CC4O[C@@H](CCC1O2)C[C@@H](C)C4=C)OC(C[C@H](O)CO)[C@@H]3OC. The summed E-state index contributed by atoms with van der Waals surface area (Å²) in [5, 5.41) is 20.1. The Balaban J connectivity index is 1.06. The number of carbonyl (C=O) groups excluding carboxylic acids is 1. The van der Waals surface area contributed by atoms with Crippen molar-refractivity contribution in [2.24, 2.45) is 11.8 Å². The maximum absolute atomic E-state index is 14.0. The van der Waals surface area contributed by atoms with Gasteiger partial charge >= 0.3 is 0 Å². The number of methoxy groups -OCH3 is 2.